The fraction of sp³-hybridized carbons (Fsp3) is 0.182. The second-order valence-electron chi connectivity index (χ2n) is 2.80. The Labute approximate surface area is 73.5 Å². The minimum atomic E-state index is 0.910. The molecule has 1 heteroatoms. The Kier molecular flexibility index (Phi) is 2.44. The monoisotopic (exact) mass is 159 g/mol. The summed E-state index contributed by atoms with van der Waals surface area (Å²) in [6.45, 7) is 11.4. The third-order valence-electron chi connectivity index (χ3n) is 2.14. The molecule has 0 heterocycles. The summed E-state index contributed by atoms with van der Waals surface area (Å²) in [7, 11) is 0. The molecule has 0 amide bonds. The van der Waals surface area contributed by atoms with Gasteiger partial charge in [0.2, 0.25) is 0 Å². The van der Waals surface area contributed by atoms with Gasteiger partial charge in [0.05, 0.1) is 5.69 Å². The molecule has 0 radical (unpaired) electrons. The van der Waals surface area contributed by atoms with Crippen molar-refractivity contribution in [2.75, 3.05) is 0 Å². The van der Waals surface area contributed by atoms with Crippen LogP contribution in [-0.4, -0.2) is 6.72 Å². The van der Waals surface area contributed by atoms with Crippen LogP contribution in [0.1, 0.15) is 16.7 Å². The summed E-state index contributed by atoms with van der Waals surface area (Å²) in [5, 5.41) is 0. The standard InChI is InChI=1S/C11H13N/c1-5-10-9(3)8(2)6-7-11(10)12-4/h5-7H,1,4H2,2-3H3. The first-order valence-corrected chi connectivity index (χ1v) is 3.90. The van der Waals surface area contributed by atoms with Gasteiger partial charge in [-0.15, -0.1) is 0 Å². The van der Waals surface area contributed by atoms with Crippen LogP contribution in [0.3, 0.4) is 0 Å². The maximum absolute atomic E-state index is 3.92. The first-order chi connectivity index (χ1) is 5.70. The molecule has 0 unspecified atom stereocenters. The second-order valence-corrected chi connectivity index (χ2v) is 2.80. The maximum atomic E-state index is 3.92. The highest BCUT2D eigenvalue weighted by atomic mass is 14.7. The van der Waals surface area contributed by atoms with Crippen molar-refractivity contribution in [3.63, 3.8) is 0 Å². The fourth-order valence-electron chi connectivity index (χ4n) is 1.22. The van der Waals surface area contributed by atoms with E-state index in [9.17, 15) is 0 Å². The van der Waals surface area contributed by atoms with Crippen LogP contribution in [0.5, 0.6) is 0 Å². The average Bonchev–Trinajstić information content (AvgIpc) is 2.09. The lowest BCUT2D eigenvalue weighted by Crippen LogP contribution is -1.85. The van der Waals surface area contributed by atoms with E-state index in [1.807, 2.05) is 18.2 Å². The third kappa shape index (κ3) is 1.30. The van der Waals surface area contributed by atoms with Gasteiger partial charge in [-0.3, -0.25) is 4.99 Å². The molecule has 0 saturated carbocycles. The highest BCUT2D eigenvalue weighted by Gasteiger charge is 2.02. The van der Waals surface area contributed by atoms with Gasteiger partial charge in [0, 0.05) is 5.56 Å². The molecule has 1 nitrogen and oxygen atoms in total. The van der Waals surface area contributed by atoms with Gasteiger partial charge in [0.15, 0.2) is 0 Å². The highest BCUT2D eigenvalue weighted by molar-refractivity contribution is 5.69. The van der Waals surface area contributed by atoms with Crippen LogP contribution < -0.4 is 0 Å². The summed E-state index contributed by atoms with van der Waals surface area (Å²) in [4.78, 5) is 3.92. The molecule has 0 aliphatic carbocycles. The van der Waals surface area contributed by atoms with Crippen LogP contribution in [0, 0.1) is 13.8 Å². The molecule has 0 N–H and O–H groups in total. The van der Waals surface area contributed by atoms with Gasteiger partial charge < -0.3 is 0 Å². The zero-order chi connectivity index (χ0) is 9.14. The molecule has 1 rings (SSSR count). The molecule has 0 atom stereocenters. The first kappa shape index (κ1) is 8.72. The van der Waals surface area contributed by atoms with Gasteiger partial charge in [-0.05, 0) is 37.8 Å². The SMILES string of the molecule is C=Cc1c(N=C)ccc(C)c1C. The zero-order valence-corrected chi connectivity index (χ0v) is 7.59. The number of hydrogen-bond donors (Lipinski definition) is 0. The van der Waals surface area contributed by atoms with Crippen LogP contribution in [-0.2, 0) is 0 Å². The van der Waals surface area contributed by atoms with E-state index in [2.05, 4.69) is 32.1 Å². The van der Waals surface area contributed by atoms with Crippen molar-refractivity contribution in [3.05, 3.63) is 35.4 Å². The number of aryl methyl sites for hydroxylation is 1. The molecule has 1 aromatic carbocycles. The van der Waals surface area contributed by atoms with Crippen LogP contribution >= 0.6 is 0 Å². The van der Waals surface area contributed by atoms with E-state index in [0.29, 0.717) is 0 Å². The maximum Gasteiger partial charge on any atom is 0.0697 e. The van der Waals surface area contributed by atoms with E-state index in [0.717, 1.165) is 11.3 Å². The summed E-state index contributed by atoms with van der Waals surface area (Å²) in [5.41, 5.74) is 4.49. The van der Waals surface area contributed by atoms with Crippen molar-refractivity contribution in [2.45, 2.75) is 13.8 Å². The number of hydrogen-bond acceptors (Lipinski definition) is 1. The van der Waals surface area contributed by atoms with Gasteiger partial charge in [-0.1, -0.05) is 18.7 Å². The predicted molar refractivity (Wildman–Crippen MR) is 55.2 cm³/mol. The Balaban J connectivity index is 3.45. The predicted octanol–water partition coefficient (Wildman–Crippen LogP) is 3.28. The van der Waals surface area contributed by atoms with Crippen LogP contribution in [0.15, 0.2) is 23.7 Å². The van der Waals surface area contributed by atoms with Gasteiger partial charge in [-0.2, -0.15) is 0 Å². The van der Waals surface area contributed by atoms with Crippen molar-refractivity contribution < 1.29 is 0 Å². The Morgan fingerprint density at radius 2 is 2.00 bits per heavy atom. The summed E-state index contributed by atoms with van der Waals surface area (Å²) in [6, 6.07) is 4.01. The number of aliphatic imine (C=N–C) groups is 1. The average molecular weight is 159 g/mol. The minimum Gasteiger partial charge on any atom is -0.264 e. The Morgan fingerprint density at radius 3 is 2.50 bits per heavy atom. The van der Waals surface area contributed by atoms with E-state index in [1.165, 1.54) is 11.1 Å². The van der Waals surface area contributed by atoms with Gasteiger partial charge in [0.1, 0.15) is 0 Å². The van der Waals surface area contributed by atoms with E-state index in [1.54, 1.807) is 0 Å². The van der Waals surface area contributed by atoms with Crippen molar-refractivity contribution in [2.24, 2.45) is 4.99 Å². The molecule has 0 bridgehead atoms. The van der Waals surface area contributed by atoms with Crippen LogP contribution in [0.2, 0.25) is 0 Å². The van der Waals surface area contributed by atoms with Crippen LogP contribution in [0.25, 0.3) is 6.08 Å². The van der Waals surface area contributed by atoms with E-state index >= 15 is 0 Å². The molecule has 1 aromatic rings. The second kappa shape index (κ2) is 3.35. The summed E-state index contributed by atoms with van der Waals surface area (Å²) < 4.78 is 0. The smallest absolute Gasteiger partial charge is 0.0697 e. The molecule has 0 aliphatic heterocycles. The molecular formula is C11H13N. The highest BCUT2D eigenvalue weighted by Crippen LogP contribution is 2.25. The summed E-state index contributed by atoms with van der Waals surface area (Å²) in [5.74, 6) is 0. The molecule has 0 spiro atoms. The fourth-order valence-corrected chi connectivity index (χ4v) is 1.22. The normalized spacial score (nSPS) is 9.50. The first-order valence-electron chi connectivity index (χ1n) is 3.90. The molecule has 62 valence electrons. The molecule has 0 saturated heterocycles. The van der Waals surface area contributed by atoms with Crippen LogP contribution in [0.4, 0.5) is 5.69 Å². The molecule has 12 heavy (non-hydrogen) atoms. The molecule has 0 fully saturated rings. The number of benzene rings is 1. The Bertz CT molecular complexity index is 324. The van der Waals surface area contributed by atoms with Gasteiger partial charge in [-0.25, -0.2) is 0 Å². The lowest BCUT2D eigenvalue weighted by atomic mass is 10.0. The third-order valence-corrected chi connectivity index (χ3v) is 2.14. The Hall–Kier alpha value is -1.37. The lowest BCUT2D eigenvalue weighted by Gasteiger charge is -2.06. The number of rotatable bonds is 2. The lowest BCUT2D eigenvalue weighted by molar-refractivity contribution is 1.31. The summed E-state index contributed by atoms with van der Waals surface area (Å²) in [6.07, 6.45) is 1.83. The largest absolute Gasteiger partial charge is 0.264 e. The summed E-state index contributed by atoms with van der Waals surface area (Å²) >= 11 is 0. The van der Waals surface area contributed by atoms with Crippen molar-refractivity contribution in [1.82, 2.24) is 0 Å². The van der Waals surface area contributed by atoms with Crippen molar-refractivity contribution in [3.8, 4) is 0 Å². The topological polar surface area (TPSA) is 12.4 Å². The quantitative estimate of drug-likeness (QED) is 0.587. The van der Waals surface area contributed by atoms with E-state index in [4.69, 9.17) is 0 Å². The number of nitrogens with zero attached hydrogens (tertiary/aromatic N) is 1. The van der Waals surface area contributed by atoms with E-state index < -0.39 is 0 Å². The van der Waals surface area contributed by atoms with Gasteiger partial charge >= 0.3 is 0 Å². The van der Waals surface area contributed by atoms with Crippen molar-refractivity contribution in [1.29, 1.82) is 0 Å². The van der Waals surface area contributed by atoms with Gasteiger partial charge in [0.25, 0.3) is 0 Å². The van der Waals surface area contributed by atoms with E-state index in [-0.39, 0.29) is 0 Å². The molecule has 0 aliphatic rings. The Morgan fingerprint density at radius 1 is 1.33 bits per heavy atom. The molecular weight excluding hydrogens is 146 g/mol. The van der Waals surface area contributed by atoms with Crippen molar-refractivity contribution >= 4 is 18.5 Å². The molecule has 0 aromatic heterocycles. The zero-order valence-electron chi connectivity index (χ0n) is 7.59. The minimum absolute atomic E-state index is 0.910.